The normalized spacial score (nSPS) is 12.6. The van der Waals surface area contributed by atoms with E-state index in [4.69, 9.17) is 0 Å². The molecule has 56 heavy (non-hydrogen) atoms. The SMILES string of the molecule is CCCCCCCC/C=C\CCCCCCCCCCCC[N+](C)(C)CCCCCC[N+](C)(C)CCCCCCCCCCCC/C=C\CCCCCCCC. The minimum absolute atomic E-state index is 1.23. The third kappa shape index (κ3) is 46.1. The zero-order valence-corrected chi connectivity index (χ0v) is 40.3. The molecule has 2 nitrogen and oxygen atoms in total. The molecular weight excluding hydrogens is 677 g/mol. The second-order valence-corrected chi connectivity index (χ2v) is 19.9. The summed E-state index contributed by atoms with van der Waals surface area (Å²) in [5.74, 6) is 0. The highest BCUT2D eigenvalue weighted by molar-refractivity contribution is 4.82. The second kappa shape index (κ2) is 44.0. The van der Waals surface area contributed by atoms with Gasteiger partial charge in [-0.05, 0) is 103 Å². The molecule has 0 spiro atoms. The van der Waals surface area contributed by atoms with E-state index >= 15 is 0 Å². The Hall–Kier alpha value is -0.600. The van der Waals surface area contributed by atoms with Gasteiger partial charge in [0.05, 0.1) is 54.4 Å². The van der Waals surface area contributed by atoms with Crippen LogP contribution in [-0.2, 0) is 0 Å². The van der Waals surface area contributed by atoms with Gasteiger partial charge in [-0.2, -0.15) is 0 Å². The third-order valence-electron chi connectivity index (χ3n) is 12.8. The Morgan fingerprint density at radius 1 is 0.214 bits per heavy atom. The summed E-state index contributed by atoms with van der Waals surface area (Å²) in [6.45, 7) is 10.1. The number of hydrogen-bond acceptors (Lipinski definition) is 0. The average molecular weight is 787 g/mol. The highest BCUT2D eigenvalue weighted by Gasteiger charge is 2.16. The van der Waals surface area contributed by atoms with Gasteiger partial charge in [-0.25, -0.2) is 0 Å². The zero-order chi connectivity index (χ0) is 40.9. The predicted molar refractivity (Wildman–Crippen MR) is 258 cm³/mol. The molecule has 0 amide bonds. The Morgan fingerprint density at radius 2 is 0.375 bits per heavy atom. The Kier molecular flexibility index (Phi) is 43.5. The van der Waals surface area contributed by atoms with Crippen LogP contribution >= 0.6 is 0 Å². The van der Waals surface area contributed by atoms with E-state index in [1.165, 1.54) is 292 Å². The number of unbranched alkanes of at least 4 members (excludes halogenated alkanes) is 35. The van der Waals surface area contributed by atoms with Gasteiger partial charge in [0.25, 0.3) is 0 Å². The van der Waals surface area contributed by atoms with Crippen LogP contribution in [-0.4, -0.2) is 63.3 Å². The maximum atomic E-state index is 2.48. The van der Waals surface area contributed by atoms with E-state index in [2.05, 4.69) is 66.3 Å². The maximum absolute atomic E-state index is 2.48. The van der Waals surface area contributed by atoms with E-state index in [-0.39, 0.29) is 0 Å². The summed E-state index contributed by atoms with van der Waals surface area (Å²) in [5.41, 5.74) is 0. The van der Waals surface area contributed by atoms with Crippen molar-refractivity contribution in [1.82, 2.24) is 0 Å². The Labute approximate surface area is 357 Å². The summed E-state index contributed by atoms with van der Waals surface area (Å²) < 4.78 is 2.46. The van der Waals surface area contributed by atoms with Crippen molar-refractivity contribution in [3.05, 3.63) is 24.3 Å². The number of hydrogen-bond donors (Lipinski definition) is 0. The summed E-state index contributed by atoms with van der Waals surface area (Å²) in [7, 11) is 9.90. The summed E-state index contributed by atoms with van der Waals surface area (Å²) >= 11 is 0. The molecule has 0 aliphatic rings. The zero-order valence-electron chi connectivity index (χ0n) is 40.3. The largest absolute Gasteiger partial charge is 0.328 e. The molecule has 0 aliphatic heterocycles. The van der Waals surface area contributed by atoms with Crippen molar-refractivity contribution in [3.8, 4) is 0 Å². The first-order chi connectivity index (χ1) is 27.3. The standard InChI is InChI=1S/C54H110N2/c1-7-9-11-13-15-17-19-21-23-25-27-29-31-33-35-37-39-41-43-47-51-55(3,4)53-49-45-46-50-54-56(5,6)52-48-44-42-40-38-36-34-32-30-28-26-24-22-20-18-16-14-12-10-8-2/h21-24H,7-20,25-54H2,1-6H3/q+2/b23-21-,24-22-. The summed E-state index contributed by atoms with van der Waals surface area (Å²) in [4.78, 5) is 0. The third-order valence-corrected chi connectivity index (χ3v) is 12.8. The molecule has 0 N–H and O–H groups in total. The van der Waals surface area contributed by atoms with Gasteiger partial charge in [0.2, 0.25) is 0 Å². The molecule has 334 valence electrons. The highest BCUT2D eigenvalue weighted by Crippen LogP contribution is 2.16. The van der Waals surface area contributed by atoms with E-state index in [0.717, 1.165) is 0 Å². The number of quaternary nitrogens is 2. The van der Waals surface area contributed by atoms with Gasteiger partial charge in [0, 0.05) is 0 Å². The van der Waals surface area contributed by atoms with Crippen molar-refractivity contribution in [2.75, 3.05) is 54.4 Å². The van der Waals surface area contributed by atoms with Crippen molar-refractivity contribution in [2.24, 2.45) is 0 Å². The van der Waals surface area contributed by atoms with E-state index in [9.17, 15) is 0 Å². The van der Waals surface area contributed by atoms with Crippen molar-refractivity contribution >= 4 is 0 Å². The molecule has 0 saturated heterocycles. The van der Waals surface area contributed by atoms with E-state index in [1.807, 2.05) is 0 Å². The van der Waals surface area contributed by atoms with Crippen LogP contribution in [0.15, 0.2) is 24.3 Å². The summed E-state index contributed by atoms with van der Waals surface area (Å²) in [5, 5.41) is 0. The first-order valence-corrected chi connectivity index (χ1v) is 26.3. The first-order valence-electron chi connectivity index (χ1n) is 26.3. The minimum Gasteiger partial charge on any atom is -0.328 e. The Morgan fingerprint density at radius 3 is 0.571 bits per heavy atom. The lowest BCUT2D eigenvalue weighted by atomic mass is 10.0. The van der Waals surface area contributed by atoms with E-state index < -0.39 is 0 Å². The first kappa shape index (κ1) is 55.4. The molecule has 0 aromatic carbocycles. The van der Waals surface area contributed by atoms with Crippen molar-refractivity contribution in [1.29, 1.82) is 0 Å². The smallest absolute Gasteiger partial charge is 0.0782 e. The van der Waals surface area contributed by atoms with Gasteiger partial charge in [0.15, 0.2) is 0 Å². The number of rotatable bonds is 47. The van der Waals surface area contributed by atoms with Crippen LogP contribution in [0.1, 0.15) is 271 Å². The van der Waals surface area contributed by atoms with Crippen LogP contribution in [0.4, 0.5) is 0 Å². The molecule has 0 saturated carbocycles. The van der Waals surface area contributed by atoms with Gasteiger partial charge in [-0.1, -0.05) is 192 Å². The van der Waals surface area contributed by atoms with Crippen molar-refractivity contribution in [2.45, 2.75) is 271 Å². The topological polar surface area (TPSA) is 0 Å². The fourth-order valence-electron chi connectivity index (χ4n) is 8.65. The Bertz CT molecular complexity index is 728. The van der Waals surface area contributed by atoms with Crippen LogP contribution in [0.5, 0.6) is 0 Å². The van der Waals surface area contributed by atoms with Crippen molar-refractivity contribution < 1.29 is 8.97 Å². The fraction of sp³-hybridized carbons (Fsp3) is 0.926. The molecule has 2 heteroatoms. The molecule has 0 rings (SSSR count). The molecule has 0 aromatic rings. The van der Waals surface area contributed by atoms with Crippen LogP contribution in [0.25, 0.3) is 0 Å². The fourth-order valence-corrected chi connectivity index (χ4v) is 8.65. The number of allylic oxidation sites excluding steroid dienone is 4. The molecule has 0 atom stereocenters. The average Bonchev–Trinajstić information content (AvgIpc) is 3.17. The van der Waals surface area contributed by atoms with E-state index in [0.29, 0.717) is 0 Å². The van der Waals surface area contributed by atoms with Gasteiger partial charge >= 0.3 is 0 Å². The Balaban J connectivity index is 3.46. The van der Waals surface area contributed by atoms with Crippen LogP contribution in [0, 0.1) is 0 Å². The second-order valence-electron chi connectivity index (χ2n) is 19.9. The summed E-state index contributed by atoms with van der Waals surface area (Å²) in [6.07, 6.45) is 66.6. The lowest BCUT2D eigenvalue weighted by molar-refractivity contribution is -0.891. The van der Waals surface area contributed by atoms with Crippen LogP contribution in [0.2, 0.25) is 0 Å². The van der Waals surface area contributed by atoms with E-state index in [1.54, 1.807) is 0 Å². The predicted octanol–water partition coefficient (Wildman–Crippen LogP) is 17.9. The molecule has 0 aromatic heterocycles. The molecule has 0 unspecified atom stereocenters. The van der Waals surface area contributed by atoms with Gasteiger partial charge in [-0.15, -0.1) is 0 Å². The molecule has 0 fully saturated rings. The van der Waals surface area contributed by atoms with Crippen molar-refractivity contribution in [3.63, 3.8) is 0 Å². The van der Waals surface area contributed by atoms with Crippen LogP contribution < -0.4 is 0 Å². The summed E-state index contributed by atoms with van der Waals surface area (Å²) in [6, 6.07) is 0. The molecule has 0 radical (unpaired) electrons. The van der Waals surface area contributed by atoms with Gasteiger partial charge in [0.1, 0.15) is 0 Å². The molecule has 0 aliphatic carbocycles. The maximum Gasteiger partial charge on any atom is 0.0782 e. The van der Waals surface area contributed by atoms with Gasteiger partial charge < -0.3 is 8.97 Å². The highest BCUT2D eigenvalue weighted by atomic mass is 15.3. The lowest BCUT2D eigenvalue weighted by Crippen LogP contribution is -2.41. The molecular formula is C54H110N2+2. The lowest BCUT2D eigenvalue weighted by Gasteiger charge is -2.31. The monoisotopic (exact) mass is 787 g/mol. The minimum atomic E-state index is 1.23. The molecule has 0 heterocycles. The molecule has 0 bridgehead atoms. The number of nitrogens with zero attached hydrogens (tertiary/aromatic N) is 2. The quantitative estimate of drug-likeness (QED) is 0.0327. The van der Waals surface area contributed by atoms with Crippen LogP contribution in [0.3, 0.4) is 0 Å². The van der Waals surface area contributed by atoms with Gasteiger partial charge in [-0.3, -0.25) is 0 Å².